The van der Waals surface area contributed by atoms with Crippen LogP contribution in [0.4, 0.5) is 0 Å². The number of nitrogens with two attached hydrogens (primary N) is 1. The highest BCUT2D eigenvalue weighted by Crippen LogP contribution is 2.33. The first kappa shape index (κ1) is 19.9. The average molecular weight is 411 g/mol. The van der Waals surface area contributed by atoms with Crippen molar-refractivity contribution in [1.82, 2.24) is 0 Å². The van der Waals surface area contributed by atoms with Gasteiger partial charge in [0, 0.05) is 17.0 Å². The number of sulfone groups is 1. The Morgan fingerprint density at radius 3 is 2.39 bits per heavy atom. The molecule has 0 aliphatic heterocycles. The number of unbranched alkanes of at least 4 members (excludes halogenated alkanes) is 1. The SMILES string of the molecule is N#CCCCS(=O)(=O)/C(=C(\N)c1cccc2ccccc12)c1ccc(Cl)cc1. The van der Waals surface area contributed by atoms with Gasteiger partial charge in [-0.3, -0.25) is 0 Å². The van der Waals surface area contributed by atoms with Crippen molar-refractivity contribution in [2.24, 2.45) is 5.73 Å². The van der Waals surface area contributed by atoms with Gasteiger partial charge in [-0.15, -0.1) is 0 Å². The van der Waals surface area contributed by atoms with E-state index >= 15 is 0 Å². The normalized spacial score (nSPS) is 12.4. The number of benzene rings is 3. The lowest BCUT2D eigenvalue weighted by Gasteiger charge is -2.15. The van der Waals surface area contributed by atoms with Crippen molar-refractivity contribution in [2.75, 3.05) is 5.75 Å². The molecule has 0 fully saturated rings. The molecule has 3 aromatic carbocycles. The molecule has 0 heterocycles. The lowest BCUT2D eigenvalue weighted by molar-refractivity contribution is 0.603. The van der Waals surface area contributed by atoms with Crippen LogP contribution in [-0.4, -0.2) is 14.2 Å². The van der Waals surface area contributed by atoms with E-state index in [1.807, 2.05) is 48.5 Å². The summed E-state index contributed by atoms with van der Waals surface area (Å²) < 4.78 is 26.3. The number of nitrogens with zero attached hydrogens (tertiary/aromatic N) is 1. The number of hydrogen-bond donors (Lipinski definition) is 1. The molecule has 0 saturated heterocycles. The molecule has 0 aromatic heterocycles. The van der Waals surface area contributed by atoms with Crippen molar-refractivity contribution < 1.29 is 8.42 Å². The monoisotopic (exact) mass is 410 g/mol. The maximum absolute atomic E-state index is 13.2. The van der Waals surface area contributed by atoms with Gasteiger partial charge in [-0.05, 0) is 34.9 Å². The van der Waals surface area contributed by atoms with Crippen molar-refractivity contribution >= 4 is 42.8 Å². The van der Waals surface area contributed by atoms with E-state index in [0.717, 1.165) is 10.8 Å². The molecule has 0 atom stereocenters. The van der Waals surface area contributed by atoms with Crippen LogP contribution in [0.1, 0.15) is 24.0 Å². The summed E-state index contributed by atoms with van der Waals surface area (Å²) >= 11 is 5.97. The largest absolute Gasteiger partial charge is 0.397 e. The third kappa shape index (κ3) is 4.19. The number of nitriles is 1. The van der Waals surface area contributed by atoms with Crippen LogP contribution in [-0.2, 0) is 9.84 Å². The van der Waals surface area contributed by atoms with Crippen molar-refractivity contribution in [2.45, 2.75) is 12.8 Å². The molecule has 0 aliphatic rings. The maximum atomic E-state index is 13.2. The molecule has 142 valence electrons. The number of rotatable bonds is 6. The first-order valence-electron chi connectivity index (χ1n) is 8.77. The van der Waals surface area contributed by atoms with E-state index in [-0.39, 0.29) is 29.2 Å². The van der Waals surface area contributed by atoms with Crippen molar-refractivity contribution in [3.63, 3.8) is 0 Å². The summed E-state index contributed by atoms with van der Waals surface area (Å²) in [6.45, 7) is 0. The van der Waals surface area contributed by atoms with Gasteiger partial charge in [0.1, 0.15) is 0 Å². The summed E-state index contributed by atoms with van der Waals surface area (Å²) in [5.74, 6) is -0.149. The topological polar surface area (TPSA) is 84.0 Å². The van der Waals surface area contributed by atoms with E-state index in [1.165, 1.54) is 0 Å². The Hall–Kier alpha value is -2.81. The van der Waals surface area contributed by atoms with Crippen molar-refractivity contribution in [3.05, 3.63) is 82.9 Å². The fourth-order valence-corrected chi connectivity index (χ4v) is 4.92. The van der Waals surface area contributed by atoms with Crippen LogP contribution in [0.15, 0.2) is 66.7 Å². The summed E-state index contributed by atoms with van der Waals surface area (Å²) in [5, 5.41) is 11.1. The Kier molecular flexibility index (Phi) is 6.03. The minimum atomic E-state index is -3.72. The maximum Gasteiger partial charge on any atom is 0.181 e. The van der Waals surface area contributed by atoms with Crippen LogP contribution in [0.5, 0.6) is 0 Å². The zero-order valence-corrected chi connectivity index (χ0v) is 16.7. The Balaban J connectivity index is 2.25. The minimum absolute atomic E-state index is 0.0680. The summed E-state index contributed by atoms with van der Waals surface area (Å²) in [5.41, 5.74) is 7.80. The second kappa shape index (κ2) is 8.47. The fourth-order valence-electron chi connectivity index (χ4n) is 3.13. The molecule has 28 heavy (non-hydrogen) atoms. The summed E-state index contributed by atoms with van der Waals surface area (Å²) in [6.07, 6.45) is 0.417. The molecule has 0 bridgehead atoms. The summed E-state index contributed by atoms with van der Waals surface area (Å²) in [7, 11) is -3.72. The fraction of sp³-hybridized carbons (Fsp3) is 0.136. The number of halogens is 1. The highest BCUT2D eigenvalue weighted by Gasteiger charge is 2.24. The smallest absolute Gasteiger partial charge is 0.181 e. The molecule has 0 amide bonds. The van der Waals surface area contributed by atoms with E-state index in [0.29, 0.717) is 16.1 Å². The van der Waals surface area contributed by atoms with Gasteiger partial charge >= 0.3 is 0 Å². The average Bonchev–Trinajstić information content (AvgIpc) is 2.69. The lowest BCUT2D eigenvalue weighted by atomic mass is 10.0. The third-order valence-electron chi connectivity index (χ3n) is 4.44. The van der Waals surface area contributed by atoms with Crippen LogP contribution >= 0.6 is 11.6 Å². The Bertz CT molecular complexity index is 1170. The molecule has 0 unspecified atom stereocenters. The highest BCUT2D eigenvalue weighted by atomic mass is 35.5. The van der Waals surface area contributed by atoms with Crippen LogP contribution in [0.2, 0.25) is 5.02 Å². The molecular weight excluding hydrogens is 392 g/mol. The van der Waals surface area contributed by atoms with Gasteiger partial charge in [0.05, 0.1) is 22.4 Å². The van der Waals surface area contributed by atoms with Gasteiger partial charge in [0.25, 0.3) is 0 Å². The Morgan fingerprint density at radius 1 is 1.00 bits per heavy atom. The van der Waals surface area contributed by atoms with E-state index in [1.54, 1.807) is 24.3 Å². The van der Waals surface area contributed by atoms with Crippen molar-refractivity contribution in [1.29, 1.82) is 5.26 Å². The molecule has 4 nitrogen and oxygen atoms in total. The molecule has 0 radical (unpaired) electrons. The molecule has 2 N–H and O–H groups in total. The minimum Gasteiger partial charge on any atom is -0.397 e. The Morgan fingerprint density at radius 2 is 1.68 bits per heavy atom. The van der Waals surface area contributed by atoms with E-state index in [2.05, 4.69) is 0 Å². The summed E-state index contributed by atoms with van der Waals surface area (Å²) in [4.78, 5) is 0.0680. The molecule has 6 heteroatoms. The number of hydrogen-bond acceptors (Lipinski definition) is 4. The van der Waals surface area contributed by atoms with Gasteiger partial charge in [-0.1, -0.05) is 66.2 Å². The first-order valence-corrected chi connectivity index (χ1v) is 10.8. The molecule has 0 saturated carbocycles. The standard InChI is InChI=1S/C22H19ClN2O2S/c23-18-12-10-17(11-13-18)22(28(26,27)15-4-3-14-24)21(25)20-9-5-7-16-6-1-2-8-19(16)20/h1-2,5-13H,3-4,15,25H2/b22-21-. The van der Waals surface area contributed by atoms with E-state index in [9.17, 15) is 8.42 Å². The highest BCUT2D eigenvalue weighted by molar-refractivity contribution is 8.00. The Labute approximate surface area is 169 Å². The quantitative estimate of drug-likeness (QED) is 0.458. The lowest BCUT2D eigenvalue weighted by Crippen LogP contribution is -2.14. The van der Waals surface area contributed by atoms with E-state index in [4.69, 9.17) is 22.6 Å². The second-order valence-corrected chi connectivity index (χ2v) is 8.84. The van der Waals surface area contributed by atoms with Gasteiger partial charge in [-0.2, -0.15) is 5.26 Å². The zero-order valence-electron chi connectivity index (χ0n) is 15.1. The molecule has 3 aromatic rings. The van der Waals surface area contributed by atoms with Crippen LogP contribution in [0.25, 0.3) is 21.4 Å². The van der Waals surface area contributed by atoms with Crippen molar-refractivity contribution in [3.8, 4) is 6.07 Å². The van der Waals surface area contributed by atoms with Gasteiger partial charge < -0.3 is 5.73 Å². The summed E-state index contributed by atoms with van der Waals surface area (Å²) in [6, 6.07) is 21.9. The van der Waals surface area contributed by atoms with Gasteiger partial charge in [0.15, 0.2) is 9.84 Å². The molecule has 0 spiro atoms. The number of fused-ring (bicyclic) bond motifs is 1. The predicted octanol–water partition coefficient (Wildman–Crippen LogP) is 5.00. The predicted molar refractivity (Wildman–Crippen MR) is 115 cm³/mol. The van der Waals surface area contributed by atoms with Crippen LogP contribution in [0.3, 0.4) is 0 Å². The molecule has 3 rings (SSSR count). The first-order chi connectivity index (χ1) is 13.4. The van der Waals surface area contributed by atoms with Gasteiger partial charge in [-0.25, -0.2) is 8.42 Å². The van der Waals surface area contributed by atoms with Crippen LogP contribution in [0, 0.1) is 11.3 Å². The third-order valence-corrected chi connectivity index (χ3v) is 6.60. The van der Waals surface area contributed by atoms with Crippen LogP contribution < -0.4 is 5.73 Å². The van der Waals surface area contributed by atoms with E-state index < -0.39 is 9.84 Å². The molecular formula is C22H19ClN2O2S. The molecule has 0 aliphatic carbocycles. The second-order valence-electron chi connectivity index (χ2n) is 6.36. The van der Waals surface area contributed by atoms with Gasteiger partial charge in [0.2, 0.25) is 0 Å². The zero-order chi connectivity index (χ0) is 20.1.